The monoisotopic (exact) mass is 284 g/mol. The Kier molecular flexibility index (Phi) is 4.99. The molecule has 0 saturated carbocycles. The third-order valence-corrected chi connectivity index (χ3v) is 3.72. The zero-order chi connectivity index (χ0) is 15.2. The van der Waals surface area contributed by atoms with Crippen molar-refractivity contribution in [3.05, 3.63) is 65.2 Å². The molecular weight excluding hydrogens is 264 g/mol. The molecule has 0 spiro atoms. The molecule has 0 amide bonds. The fourth-order valence-corrected chi connectivity index (χ4v) is 2.40. The lowest BCUT2D eigenvalue weighted by Crippen LogP contribution is -2.19. The number of carboxylic acid groups (broad SMARTS) is 1. The van der Waals surface area contributed by atoms with Crippen LogP contribution in [0, 0.1) is 12.8 Å². The molecule has 0 fully saturated rings. The smallest absolute Gasteiger partial charge is 0.307 e. The number of hydrogen-bond acceptors (Lipinski definition) is 2. The fourth-order valence-electron chi connectivity index (χ4n) is 2.40. The molecule has 0 aliphatic heterocycles. The van der Waals surface area contributed by atoms with Crippen LogP contribution in [0.3, 0.4) is 0 Å². The molecule has 0 aliphatic rings. The predicted molar refractivity (Wildman–Crippen MR) is 82.7 cm³/mol. The lowest BCUT2D eigenvalue weighted by atomic mass is 9.91. The number of rotatable bonds is 6. The van der Waals surface area contributed by atoms with Gasteiger partial charge in [0, 0.05) is 0 Å². The van der Waals surface area contributed by atoms with E-state index in [1.54, 1.807) is 7.11 Å². The molecule has 21 heavy (non-hydrogen) atoms. The van der Waals surface area contributed by atoms with Crippen LogP contribution in [-0.2, 0) is 17.6 Å². The van der Waals surface area contributed by atoms with Crippen LogP contribution in [0.1, 0.15) is 16.7 Å². The largest absolute Gasteiger partial charge is 0.497 e. The summed E-state index contributed by atoms with van der Waals surface area (Å²) in [5, 5.41) is 9.46. The van der Waals surface area contributed by atoms with Gasteiger partial charge in [-0.1, -0.05) is 36.4 Å². The first-order valence-corrected chi connectivity index (χ1v) is 7.00. The Hall–Kier alpha value is -2.29. The van der Waals surface area contributed by atoms with Gasteiger partial charge in [0.15, 0.2) is 0 Å². The van der Waals surface area contributed by atoms with Gasteiger partial charge in [0.05, 0.1) is 13.0 Å². The third-order valence-electron chi connectivity index (χ3n) is 3.72. The van der Waals surface area contributed by atoms with Gasteiger partial charge in [0.25, 0.3) is 0 Å². The van der Waals surface area contributed by atoms with Crippen molar-refractivity contribution < 1.29 is 14.6 Å². The highest BCUT2D eigenvalue weighted by Gasteiger charge is 2.19. The molecule has 110 valence electrons. The Balaban J connectivity index is 2.12. The Morgan fingerprint density at radius 1 is 1.10 bits per heavy atom. The molecule has 0 bridgehead atoms. The van der Waals surface area contributed by atoms with Crippen LogP contribution >= 0.6 is 0 Å². The van der Waals surface area contributed by atoms with Crippen LogP contribution in [-0.4, -0.2) is 18.2 Å². The number of carboxylic acids is 1. The van der Waals surface area contributed by atoms with Gasteiger partial charge in [-0.05, 0) is 48.6 Å². The molecule has 2 aromatic carbocycles. The maximum Gasteiger partial charge on any atom is 0.307 e. The highest BCUT2D eigenvalue weighted by Crippen LogP contribution is 2.19. The minimum Gasteiger partial charge on any atom is -0.497 e. The van der Waals surface area contributed by atoms with E-state index in [1.807, 2.05) is 55.5 Å². The van der Waals surface area contributed by atoms with Crippen LogP contribution in [0.15, 0.2) is 48.5 Å². The zero-order valence-corrected chi connectivity index (χ0v) is 12.4. The number of aryl methyl sites for hydroxylation is 1. The summed E-state index contributed by atoms with van der Waals surface area (Å²) in [4.78, 5) is 11.5. The number of carbonyl (C=O) groups is 1. The summed E-state index contributed by atoms with van der Waals surface area (Å²) in [7, 11) is 1.62. The lowest BCUT2D eigenvalue weighted by Gasteiger charge is -2.14. The van der Waals surface area contributed by atoms with Gasteiger partial charge >= 0.3 is 5.97 Å². The van der Waals surface area contributed by atoms with Crippen molar-refractivity contribution in [3.8, 4) is 5.75 Å². The van der Waals surface area contributed by atoms with Gasteiger partial charge in [-0.3, -0.25) is 4.79 Å². The summed E-state index contributed by atoms with van der Waals surface area (Å²) in [6.45, 7) is 2.02. The predicted octanol–water partition coefficient (Wildman–Crippen LogP) is 3.49. The molecule has 1 unspecified atom stereocenters. The number of methoxy groups -OCH3 is 1. The molecule has 0 heterocycles. The second-order valence-corrected chi connectivity index (χ2v) is 5.22. The second-order valence-electron chi connectivity index (χ2n) is 5.22. The molecule has 2 rings (SSSR count). The first kappa shape index (κ1) is 15.1. The summed E-state index contributed by atoms with van der Waals surface area (Å²) in [6, 6.07) is 15.5. The van der Waals surface area contributed by atoms with Gasteiger partial charge in [0.2, 0.25) is 0 Å². The Labute approximate surface area is 125 Å². The molecule has 0 aliphatic carbocycles. The third kappa shape index (κ3) is 4.09. The van der Waals surface area contributed by atoms with Crippen LogP contribution in [0.4, 0.5) is 0 Å². The minimum absolute atomic E-state index is 0.417. The van der Waals surface area contributed by atoms with Crippen LogP contribution < -0.4 is 4.74 Å². The summed E-state index contributed by atoms with van der Waals surface area (Å²) >= 11 is 0. The molecule has 1 N–H and O–H groups in total. The normalized spacial score (nSPS) is 11.9. The van der Waals surface area contributed by atoms with Gasteiger partial charge in [-0.15, -0.1) is 0 Å². The second kappa shape index (κ2) is 6.93. The van der Waals surface area contributed by atoms with E-state index in [0.717, 1.165) is 22.4 Å². The van der Waals surface area contributed by atoms with E-state index in [1.165, 1.54) is 0 Å². The van der Waals surface area contributed by atoms with Crippen molar-refractivity contribution in [3.63, 3.8) is 0 Å². The topological polar surface area (TPSA) is 46.5 Å². The summed E-state index contributed by atoms with van der Waals surface area (Å²) in [6.07, 6.45) is 1.07. The van der Waals surface area contributed by atoms with E-state index in [0.29, 0.717) is 12.8 Å². The lowest BCUT2D eigenvalue weighted by molar-refractivity contribution is -0.141. The summed E-state index contributed by atoms with van der Waals surface area (Å²) in [5.74, 6) is -0.391. The maximum absolute atomic E-state index is 11.5. The first-order chi connectivity index (χ1) is 10.1. The SMILES string of the molecule is COc1ccc(CC(Cc2ccccc2C)C(=O)O)cc1. The van der Waals surface area contributed by atoms with Crippen molar-refractivity contribution in [2.45, 2.75) is 19.8 Å². The van der Waals surface area contributed by atoms with E-state index in [2.05, 4.69) is 0 Å². The molecule has 2 aromatic rings. The Bertz CT molecular complexity index is 602. The van der Waals surface area contributed by atoms with Gasteiger partial charge < -0.3 is 9.84 Å². The van der Waals surface area contributed by atoms with Gasteiger partial charge in [-0.2, -0.15) is 0 Å². The van der Waals surface area contributed by atoms with Crippen molar-refractivity contribution in [1.29, 1.82) is 0 Å². The minimum atomic E-state index is -0.755. The number of hydrogen-bond donors (Lipinski definition) is 1. The summed E-state index contributed by atoms with van der Waals surface area (Å²) < 4.78 is 5.12. The highest BCUT2D eigenvalue weighted by molar-refractivity contribution is 5.71. The van der Waals surface area contributed by atoms with E-state index in [-0.39, 0.29) is 0 Å². The average Bonchev–Trinajstić information content (AvgIpc) is 2.49. The van der Waals surface area contributed by atoms with Crippen molar-refractivity contribution in [2.75, 3.05) is 7.11 Å². The van der Waals surface area contributed by atoms with Crippen molar-refractivity contribution >= 4 is 5.97 Å². The number of ether oxygens (including phenoxy) is 1. The number of aliphatic carboxylic acids is 1. The van der Waals surface area contributed by atoms with Crippen molar-refractivity contribution in [1.82, 2.24) is 0 Å². The fraction of sp³-hybridized carbons (Fsp3) is 0.278. The van der Waals surface area contributed by atoms with Crippen LogP contribution in [0.2, 0.25) is 0 Å². The molecule has 0 aromatic heterocycles. The van der Waals surface area contributed by atoms with Crippen LogP contribution in [0.25, 0.3) is 0 Å². The van der Waals surface area contributed by atoms with E-state index >= 15 is 0 Å². The molecule has 0 radical (unpaired) electrons. The maximum atomic E-state index is 11.5. The first-order valence-electron chi connectivity index (χ1n) is 7.00. The highest BCUT2D eigenvalue weighted by atomic mass is 16.5. The van der Waals surface area contributed by atoms with Gasteiger partial charge in [-0.25, -0.2) is 0 Å². The summed E-state index contributed by atoms with van der Waals surface area (Å²) in [5.41, 5.74) is 3.24. The van der Waals surface area contributed by atoms with E-state index < -0.39 is 11.9 Å². The molecular formula is C18H20O3. The standard InChI is InChI=1S/C18H20O3/c1-13-5-3-4-6-15(13)12-16(18(19)20)11-14-7-9-17(21-2)10-8-14/h3-10,16H,11-12H2,1-2H3,(H,19,20). The van der Waals surface area contributed by atoms with Crippen molar-refractivity contribution in [2.24, 2.45) is 5.92 Å². The van der Waals surface area contributed by atoms with E-state index in [9.17, 15) is 9.90 Å². The van der Waals surface area contributed by atoms with E-state index in [4.69, 9.17) is 4.74 Å². The molecule has 0 saturated heterocycles. The quantitative estimate of drug-likeness (QED) is 0.883. The van der Waals surface area contributed by atoms with Crippen LogP contribution in [0.5, 0.6) is 5.75 Å². The molecule has 1 atom stereocenters. The Morgan fingerprint density at radius 3 is 2.33 bits per heavy atom. The van der Waals surface area contributed by atoms with Gasteiger partial charge in [0.1, 0.15) is 5.75 Å². The molecule has 3 heteroatoms. The average molecular weight is 284 g/mol. The number of benzene rings is 2. The zero-order valence-electron chi connectivity index (χ0n) is 12.4. The molecule has 3 nitrogen and oxygen atoms in total. The Morgan fingerprint density at radius 2 is 1.76 bits per heavy atom.